The average molecular weight is 242 g/mol. The van der Waals surface area contributed by atoms with Gasteiger partial charge in [-0.1, -0.05) is 13.8 Å². The predicted molar refractivity (Wildman–Crippen MR) is 70.2 cm³/mol. The Morgan fingerprint density at radius 3 is 2.75 bits per heavy atom. The number of nitrogens with two attached hydrogens (primary N) is 1. The molecule has 3 N–H and O–H groups in total. The van der Waals surface area contributed by atoms with Gasteiger partial charge in [-0.15, -0.1) is 0 Å². The summed E-state index contributed by atoms with van der Waals surface area (Å²) in [5, 5.41) is 4.15. The molecule has 0 aliphatic heterocycles. The number of aryl methyl sites for hydroxylation is 1. The van der Waals surface area contributed by atoms with Gasteiger partial charge < -0.3 is 0 Å². The van der Waals surface area contributed by atoms with Gasteiger partial charge in [0.25, 0.3) is 0 Å². The maximum Gasteiger partial charge on any atom is 0.0522 e. The molecule has 0 radical (unpaired) electrons. The molecule has 0 saturated carbocycles. The second-order valence-electron chi connectivity index (χ2n) is 4.52. The van der Waals surface area contributed by atoms with Crippen LogP contribution < -0.4 is 11.3 Å². The molecule has 0 saturated heterocycles. The average Bonchev–Trinajstić information content (AvgIpc) is 2.62. The first-order valence-corrected chi connectivity index (χ1v) is 6.78. The Balaban J connectivity index is 2.31. The minimum atomic E-state index is 0.327. The van der Waals surface area contributed by atoms with Crippen LogP contribution in [0.4, 0.5) is 0 Å². The summed E-state index contributed by atoms with van der Waals surface area (Å²) < 4.78 is 1.82. The molecule has 0 amide bonds. The second kappa shape index (κ2) is 6.93. The van der Waals surface area contributed by atoms with Crippen molar-refractivity contribution in [3.05, 3.63) is 18.0 Å². The summed E-state index contributed by atoms with van der Waals surface area (Å²) >= 11 is 1.95. The highest BCUT2D eigenvalue weighted by molar-refractivity contribution is 7.99. The molecule has 0 aromatic carbocycles. The van der Waals surface area contributed by atoms with Crippen molar-refractivity contribution < 1.29 is 0 Å². The zero-order valence-electron chi connectivity index (χ0n) is 10.3. The number of thioether (sulfide) groups is 1. The largest absolute Gasteiger partial charge is 0.276 e. The van der Waals surface area contributed by atoms with Crippen molar-refractivity contribution in [2.75, 3.05) is 11.5 Å². The monoisotopic (exact) mass is 242 g/mol. The number of hydrogen-bond donors (Lipinski definition) is 2. The van der Waals surface area contributed by atoms with E-state index in [0.29, 0.717) is 6.04 Å². The zero-order valence-corrected chi connectivity index (χ0v) is 11.1. The van der Waals surface area contributed by atoms with Crippen LogP contribution in [-0.2, 0) is 13.5 Å². The highest BCUT2D eigenvalue weighted by Gasteiger charge is 2.09. The molecular weight excluding hydrogens is 220 g/mol. The number of nitrogens with one attached hydrogen (secondary N) is 1. The third kappa shape index (κ3) is 5.01. The number of rotatable bonds is 7. The van der Waals surface area contributed by atoms with Crippen molar-refractivity contribution in [3.8, 4) is 0 Å². The Kier molecular flexibility index (Phi) is 5.87. The van der Waals surface area contributed by atoms with E-state index in [4.69, 9.17) is 5.84 Å². The summed E-state index contributed by atoms with van der Waals surface area (Å²) in [6.45, 7) is 4.47. The lowest BCUT2D eigenvalue weighted by molar-refractivity contribution is 0.574. The highest BCUT2D eigenvalue weighted by Crippen LogP contribution is 2.11. The fraction of sp³-hybridized carbons (Fsp3) is 0.727. The first-order valence-electron chi connectivity index (χ1n) is 5.63. The molecule has 92 valence electrons. The summed E-state index contributed by atoms with van der Waals surface area (Å²) in [7, 11) is 1.93. The molecule has 1 atom stereocenters. The van der Waals surface area contributed by atoms with Gasteiger partial charge in [-0.05, 0) is 23.7 Å². The van der Waals surface area contributed by atoms with Gasteiger partial charge in [0.1, 0.15) is 0 Å². The van der Waals surface area contributed by atoms with E-state index in [-0.39, 0.29) is 0 Å². The maximum atomic E-state index is 5.55. The van der Waals surface area contributed by atoms with Gasteiger partial charge in [0.05, 0.1) is 6.20 Å². The lowest BCUT2D eigenvalue weighted by atomic mass is 10.1. The molecule has 4 nitrogen and oxygen atoms in total. The minimum absolute atomic E-state index is 0.327. The lowest BCUT2D eigenvalue weighted by Gasteiger charge is -2.15. The van der Waals surface area contributed by atoms with Crippen LogP contribution in [0.1, 0.15) is 19.4 Å². The standard InChI is InChI=1S/C11H22N4S/c1-9(2)7-16-8-11(14-12)4-10-5-13-15(3)6-10/h5-6,9,11,14H,4,7-8,12H2,1-3H3. The van der Waals surface area contributed by atoms with Gasteiger partial charge in [0.15, 0.2) is 0 Å². The van der Waals surface area contributed by atoms with Crippen molar-refractivity contribution in [2.24, 2.45) is 18.8 Å². The van der Waals surface area contributed by atoms with E-state index in [0.717, 1.165) is 18.1 Å². The number of hydrazine groups is 1. The normalized spacial score (nSPS) is 13.3. The fourth-order valence-corrected chi connectivity index (χ4v) is 2.58. The second-order valence-corrected chi connectivity index (χ2v) is 5.60. The summed E-state index contributed by atoms with van der Waals surface area (Å²) in [6, 6.07) is 0.327. The van der Waals surface area contributed by atoms with E-state index >= 15 is 0 Å². The van der Waals surface area contributed by atoms with Crippen LogP contribution in [0, 0.1) is 5.92 Å². The van der Waals surface area contributed by atoms with Crippen LogP contribution in [0.3, 0.4) is 0 Å². The molecule has 0 bridgehead atoms. The molecule has 1 heterocycles. The van der Waals surface area contributed by atoms with Gasteiger partial charge in [0.2, 0.25) is 0 Å². The quantitative estimate of drug-likeness (QED) is 0.557. The van der Waals surface area contributed by atoms with E-state index in [2.05, 4.69) is 24.4 Å². The summed E-state index contributed by atoms with van der Waals surface area (Å²) in [5.74, 6) is 8.52. The zero-order chi connectivity index (χ0) is 12.0. The first kappa shape index (κ1) is 13.5. The molecule has 1 unspecified atom stereocenters. The molecule has 1 aromatic rings. The van der Waals surface area contributed by atoms with Gasteiger partial charge in [0, 0.05) is 25.0 Å². The summed E-state index contributed by atoms with van der Waals surface area (Å²) in [5.41, 5.74) is 4.11. The van der Waals surface area contributed by atoms with E-state index < -0.39 is 0 Å². The number of aromatic nitrogens is 2. The van der Waals surface area contributed by atoms with Crippen LogP contribution in [0.15, 0.2) is 12.4 Å². The van der Waals surface area contributed by atoms with Crippen molar-refractivity contribution in [2.45, 2.75) is 26.3 Å². The Labute approximate surface area is 102 Å². The van der Waals surface area contributed by atoms with Crippen LogP contribution in [0.25, 0.3) is 0 Å². The van der Waals surface area contributed by atoms with Crippen molar-refractivity contribution in [1.82, 2.24) is 15.2 Å². The Hall–Kier alpha value is -0.520. The van der Waals surface area contributed by atoms with E-state index in [1.165, 1.54) is 11.3 Å². The van der Waals surface area contributed by atoms with Crippen molar-refractivity contribution in [1.29, 1.82) is 0 Å². The summed E-state index contributed by atoms with van der Waals surface area (Å²) in [6.07, 6.45) is 4.88. The molecule has 16 heavy (non-hydrogen) atoms. The number of nitrogens with zero attached hydrogens (tertiary/aromatic N) is 2. The smallest absolute Gasteiger partial charge is 0.0522 e. The van der Waals surface area contributed by atoms with Crippen LogP contribution in [0.5, 0.6) is 0 Å². The Morgan fingerprint density at radius 1 is 1.50 bits per heavy atom. The molecule has 1 rings (SSSR count). The molecule has 0 aliphatic carbocycles. The number of hydrogen-bond acceptors (Lipinski definition) is 4. The third-order valence-corrected chi connectivity index (χ3v) is 3.79. The van der Waals surface area contributed by atoms with Crippen LogP contribution >= 0.6 is 11.8 Å². The molecule has 0 spiro atoms. The minimum Gasteiger partial charge on any atom is -0.276 e. The SMILES string of the molecule is CC(C)CSCC(Cc1cnn(C)c1)NN. The third-order valence-electron chi connectivity index (χ3n) is 2.25. The first-order chi connectivity index (χ1) is 7.61. The molecule has 0 aliphatic rings. The van der Waals surface area contributed by atoms with Gasteiger partial charge in [-0.3, -0.25) is 16.0 Å². The van der Waals surface area contributed by atoms with Gasteiger partial charge in [-0.25, -0.2) is 0 Å². The van der Waals surface area contributed by atoms with E-state index in [9.17, 15) is 0 Å². The van der Waals surface area contributed by atoms with Gasteiger partial charge in [-0.2, -0.15) is 16.9 Å². The van der Waals surface area contributed by atoms with Crippen molar-refractivity contribution in [3.63, 3.8) is 0 Å². The Morgan fingerprint density at radius 2 is 2.25 bits per heavy atom. The summed E-state index contributed by atoms with van der Waals surface area (Å²) in [4.78, 5) is 0. The molecule has 0 fully saturated rings. The molecule has 1 aromatic heterocycles. The predicted octanol–water partition coefficient (Wildman–Crippen LogP) is 1.18. The lowest BCUT2D eigenvalue weighted by Crippen LogP contribution is -2.38. The van der Waals surface area contributed by atoms with Crippen molar-refractivity contribution >= 4 is 11.8 Å². The van der Waals surface area contributed by atoms with Gasteiger partial charge >= 0.3 is 0 Å². The fourth-order valence-electron chi connectivity index (χ4n) is 1.47. The van der Waals surface area contributed by atoms with E-state index in [1.54, 1.807) is 0 Å². The maximum absolute atomic E-state index is 5.55. The molecule has 5 heteroatoms. The highest BCUT2D eigenvalue weighted by atomic mass is 32.2. The molecular formula is C11H22N4S. The van der Waals surface area contributed by atoms with E-state index in [1.807, 2.05) is 35.9 Å². The van der Waals surface area contributed by atoms with Crippen LogP contribution in [-0.4, -0.2) is 27.3 Å². The van der Waals surface area contributed by atoms with Crippen LogP contribution in [0.2, 0.25) is 0 Å². The Bertz CT molecular complexity index is 298. The topological polar surface area (TPSA) is 55.9 Å².